The van der Waals surface area contributed by atoms with Crippen LogP contribution >= 0.6 is 0 Å². The first-order valence-electron chi connectivity index (χ1n) is 6.05. The fourth-order valence-corrected chi connectivity index (χ4v) is 1.40. The molecule has 1 atom stereocenters. The fraction of sp³-hybridized carbons (Fsp3) is 0.538. The minimum absolute atomic E-state index is 0.266. The van der Waals surface area contributed by atoms with Crippen LogP contribution in [0, 0.1) is 5.92 Å². The Morgan fingerprint density at radius 1 is 1.11 bits per heavy atom. The van der Waals surface area contributed by atoms with Gasteiger partial charge < -0.3 is 14.6 Å². The Morgan fingerprint density at radius 3 is 2.11 bits per heavy atom. The Labute approximate surface area is 108 Å². The summed E-state index contributed by atoms with van der Waals surface area (Å²) < 4.78 is 46.5. The number of aliphatic hydroxyl groups excluding tert-OH is 1. The Bertz CT molecular complexity index is 399. The van der Waals surface area contributed by atoms with Crippen LogP contribution in [0.5, 0.6) is 11.5 Å². The predicted octanol–water partition coefficient (Wildman–Crippen LogP) is 2.78. The summed E-state index contributed by atoms with van der Waals surface area (Å²) in [7, 11) is 0. The molecule has 6 heteroatoms. The van der Waals surface area contributed by atoms with Gasteiger partial charge in [-0.1, -0.05) is 0 Å². The van der Waals surface area contributed by atoms with E-state index in [2.05, 4.69) is 0 Å². The highest BCUT2D eigenvalue weighted by Crippen LogP contribution is 2.30. The second-order valence-electron chi connectivity index (χ2n) is 4.59. The van der Waals surface area contributed by atoms with Gasteiger partial charge in [-0.25, -0.2) is 0 Å². The molecule has 0 radical (unpaired) electrons. The molecule has 1 aliphatic carbocycles. The molecule has 0 amide bonds. The third-order valence-electron chi connectivity index (χ3n) is 2.79. The van der Waals surface area contributed by atoms with E-state index in [4.69, 9.17) is 14.6 Å². The molecule has 1 aromatic carbocycles. The molecular weight excluding hydrogens is 261 g/mol. The largest absolute Gasteiger partial charge is 0.493 e. The Kier molecular flexibility index (Phi) is 4.19. The van der Waals surface area contributed by atoms with Crippen molar-refractivity contribution in [3.8, 4) is 11.5 Å². The Hall–Kier alpha value is -1.43. The molecular formula is C13H15F3O3. The molecule has 0 saturated heterocycles. The Morgan fingerprint density at radius 2 is 1.63 bits per heavy atom. The van der Waals surface area contributed by atoms with Gasteiger partial charge in [0.1, 0.15) is 18.1 Å². The lowest BCUT2D eigenvalue weighted by molar-refractivity contribution is -0.210. The number of alkyl halides is 3. The van der Waals surface area contributed by atoms with Crippen LogP contribution in [0.2, 0.25) is 0 Å². The van der Waals surface area contributed by atoms with E-state index in [0.29, 0.717) is 18.3 Å². The first-order valence-corrected chi connectivity index (χ1v) is 6.05. The minimum Gasteiger partial charge on any atom is -0.493 e. The first-order chi connectivity index (χ1) is 8.95. The minimum atomic E-state index is -4.66. The van der Waals surface area contributed by atoms with Gasteiger partial charge in [0.2, 0.25) is 0 Å². The molecule has 0 aromatic heterocycles. The summed E-state index contributed by atoms with van der Waals surface area (Å²) in [5.74, 6) is 1.57. The topological polar surface area (TPSA) is 38.7 Å². The molecule has 19 heavy (non-hydrogen) atoms. The molecule has 1 saturated carbocycles. The second-order valence-corrected chi connectivity index (χ2v) is 4.59. The molecule has 0 bridgehead atoms. The average Bonchev–Trinajstić information content (AvgIpc) is 3.17. The summed E-state index contributed by atoms with van der Waals surface area (Å²) in [6, 6.07) is 6.31. The summed E-state index contributed by atoms with van der Waals surface area (Å²) in [6.07, 6.45) is -4.75. The van der Waals surface area contributed by atoms with Crippen LogP contribution in [0.4, 0.5) is 13.2 Å². The van der Waals surface area contributed by atoms with E-state index < -0.39 is 18.9 Å². The quantitative estimate of drug-likeness (QED) is 0.868. The molecule has 1 aliphatic rings. The van der Waals surface area contributed by atoms with Crippen LogP contribution in [0.15, 0.2) is 24.3 Å². The molecule has 1 unspecified atom stereocenters. The molecule has 106 valence electrons. The standard InChI is InChI=1S/C13H15F3O3/c14-13(15,16)12(17)8-19-11-5-3-10(4-6-11)18-7-9-1-2-9/h3-6,9,12,17H,1-2,7-8H2. The van der Waals surface area contributed by atoms with Gasteiger partial charge in [-0.3, -0.25) is 0 Å². The Balaban J connectivity index is 1.77. The van der Waals surface area contributed by atoms with Crippen LogP contribution in [0.1, 0.15) is 12.8 Å². The maximum atomic E-state index is 12.0. The van der Waals surface area contributed by atoms with Crippen molar-refractivity contribution in [3.63, 3.8) is 0 Å². The number of ether oxygens (including phenoxy) is 2. The summed E-state index contributed by atoms with van der Waals surface area (Å²) in [5, 5.41) is 8.78. The number of rotatable bonds is 6. The molecule has 2 rings (SSSR count). The zero-order valence-corrected chi connectivity index (χ0v) is 10.2. The van der Waals surface area contributed by atoms with Crippen LogP contribution < -0.4 is 9.47 Å². The lowest BCUT2D eigenvalue weighted by atomic mass is 10.3. The van der Waals surface area contributed by atoms with E-state index in [1.54, 1.807) is 12.1 Å². The summed E-state index contributed by atoms with van der Waals surface area (Å²) in [4.78, 5) is 0. The third kappa shape index (κ3) is 4.63. The smallest absolute Gasteiger partial charge is 0.417 e. The summed E-state index contributed by atoms with van der Waals surface area (Å²) in [5.41, 5.74) is 0. The van der Waals surface area contributed by atoms with Crippen molar-refractivity contribution in [3.05, 3.63) is 24.3 Å². The molecule has 1 aromatic rings. The highest BCUT2D eigenvalue weighted by Gasteiger charge is 2.38. The lowest BCUT2D eigenvalue weighted by Gasteiger charge is -2.15. The second kappa shape index (κ2) is 5.69. The van der Waals surface area contributed by atoms with Crippen LogP contribution in [-0.4, -0.2) is 30.6 Å². The van der Waals surface area contributed by atoms with Gasteiger partial charge in [0.05, 0.1) is 6.61 Å². The predicted molar refractivity (Wildman–Crippen MR) is 62.2 cm³/mol. The lowest BCUT2D eigenvalue weighted by Crippen LogP contribution is -2.34. The summed E-state index contributed by atoms with van der Waals surface area (Å²) >= 11 is 0. The first kappa shape index (κ1) is 14.0. The number of halogens is 3. The average molecular weight is 276 g/mol. The van der Waals surface area contributed by atoms with E-state index in [-0.39, 0.29) is 5.75 Å². The van der Waals surface area contributed by atoms with E-state index in [0.717, 1.165) is 0 Å². The molecule has 1 fully saturated rings. The van der Waals surface area contributed by atoms with E-state index >= 15 is 0 Å². The normalized spacial score (nSPS) is 17.1. The van der Waals surface area contributed by atoms with E-state index in [9.17, 15) is 13.2 Å². The van der Waals surface area contributed by atoms with Crippen LogP contribution in [-0.2, 0) is 0 Å². The van der Waals surface area contributed by atoms with E-state index in [1.807, 2.05) is 0 Å². The number of benzene rings is 1. The van der Waals surface area contributed by atoms with Gasteiger partial charge in [0.15, 0.2) is 6.10 Å². The third-order valence-corrected chi connectivity index (χ3v) is 2.79. The summed E-state index contributed by atoms with van der Waals surface area (Å²) in [6.45, 7) is -0.140. The molecule has 3 nitrogen and oxygen atoms in total. The van der Waals surface area contributed by atoms with Crippen LogP contribution in [0.25, 0.3) is 0 Å². The molecule has 0 aliphatic heterocycles. The number of hydrogen-bond acceptors (Lipinski definition) is 3. The van der Waals surface area contributed by atoms with Crippen molar-refractivity contribution in [1.82, 2.24) is 0 Å². The maximum Gasteiger partial charge on any atom is 0.417 e. The van der Waals surface area contributed by atoms with Crippen molar-refractivity contribution in [2.24, 2.45) is 5.92 Å². The van der Waals surface area contributed by atoms with Gasteiger partial charge in [0.25, 0.3) is 0 Å². The van der Waals surface area contributed by atoms with Crippen molar-refractivity contribution in [2.75, 3.05) is 13.2 Å². The number of hydrogen-bond donors (Lipinski definition) is 1. The van der Waals surface area contributed by atoms with Gasteiger partial charge in [-0.2, -0.15) is 13.2 Å². The zero-order valence-electron chi connectivity index (χ0n) is 10.2. The van der Waals surface area contributed by atoms with Gasteiger partial charge >= 0.3 is 6.18 Å². The van der Waals surface area contributed by atoms with Gasteiger partial charge in [0, 0.05) is 0 Å². The molecule has 1 N–H and O–H groups in total. The van der Waals surface area contributed by atoms with Crippen molar-refractivity contribution in [1.29, 1.82) is 0 Å². The fourth-order valence-electron chi connectivity index (χ4n) is 1.40. The van der Waals surface area contributed by atoms with Crippen molar-refractivity contribution < 1.29 is 27.8 Å². The van der Waals surface area contributed by atoms with Crippen molar-refractivity contribution >= 4 is 0 Å². The highest BCUT2D eigenvalue weighted by molar-refractivity contribution is 5.31. The SMILES string of the molecule is OC(COc1ccc(OCC2CC2)cc1)C(F)(F)F. The monoisotopic (exact) mass is 276 g/mol. The zero-order chi connectivity index (χ0) is 13.9. The van der Waals surface area contributed by atoms with Crippen LogP contribution in [0.3, 0.4) is 0 Å². The maximum absolute atomic E-state index is 12.0. The van der Waals surface area contributed by atoms with Gasteiger partial charge in [-0.15, -0.1) is 0 Å². The van der Waals surface area contributed by atoms with Gasteiger partial charge in [-0.05, 0) is 43.0 Å². The molecule has 0 heterocycles. The van der Waals surface area contributed by atoms with Crippen molar-refractivity contribution in [2.45, 2.75) is 25.1 Å². The number of aliphatic hydroxyl groups is 1. The molecule has 0 spiro atoms. The highest BCUT2D eigenvalue weighted by atomic mass is 19.4. The van der Waals surface area contributed by atoms with E-state index in [1.165, 1.54) is 25.0 Å².